The van der Waals surface area contributed by atoms with Crippen LogP contribution in [0.25, 0.3) is 0 Å². The van der Waals surface area contributed by atoms with Gasteiger partial charge in [0.2, 0.25) is 5.91 Å². The van der Waals surface area contributed by atoms with E-state index in [1.165, 1.54) is 5.56 Å². The Bertz CT molecular complexity index is 427. The fraction of sp³-hybridized carbons (Fsp3) is 0.562. The predicted molar refractivity (Wildman–Crippen MR) is 79.8 cm³/mol. The summed E-state index contributed by atoms with van der Waals surface area (Å²) in [7, 11) is 0. The molecule has 1 aliphatic rings. The zero-order valence-electron chi connectivity index (χ0n) is 12.3. The number of benzene rings is 1. The molecule has 0 aliphatic heterocycles. The first-order valence-electron chi connectivity index (χ1n) is 7.44. The average molecular weight is 276 g/mol. The third-order valence-electron chi connectivity index (χ3n) is 3.44. The lowest BCUT2D eigenvalue weighted by atomic mass is 10.1. The van der Waals surface area contributed by atoms with Crippen LogP contribution in [-0.2, 0) is 4.79 Å². The summed E-state index contributed by atoms with van der Waals surface area (Å²) in [6.45, 7) is 5.47. The minimum Gasteiger partial charge on any atom is -0.494 e. The Hall–Kier alpha value is -1.55. The maximum Gasteiger partial charge on any atom is 0.221 e. The maximum atomic E-state index is 11.6. The number of carbonyl (C=O) groups is 1. The SMILES string of the molecule is CCOc1ccc(C(C)NCCC(=O)NC2CC2)cc1. The number of nitrogens with one attached hydrogen (secondary N) is 2. The number of rotatable bonds is 8. The molecule has 1 atom stereocenters. The first-order valence-corrected chi connectivity index (χ1v) is 7.44. The van der Waals surface area contributed by atoms with Gasteiger partial charge in [-0.3, -0.25) is 4.79 Å². The lowest BCUT2D eigenvalue weighted by Gasteiger charge is -2.14. The van der Waals surface area contributed by atoms with Crippen LogP contribution in [0.15, 0.2) is 24.3 Å². The van der Waals surface area contributed by atoms with Gasteiger partial charge in [0.15, 0.2) is 0 Å². The first-order chi connectivity index (χ1) is 9.69. The fourth-order valence-corrected chi connectivity index (χ4v) is 2.07. The molecule has 0 spiro atoms. The monoisotopic (exact) mass is 276 g/mol. The minimum absolute atomic E-state index is 0.152. The van der Waals surface area contributed by atoms with Crippen molar-refractivity contribution in [1.29, 1.82) is 0 Å². The molecule has 1 aliphatic carbocycles. The van der Waals surface area contributed by atoms with Crippen LogP contribution in [0.3, 0.4) is 0 Å². The molecule has 1 fully saturated rings. The standard InChI is InChI=1S/C16H24N2O2/c1-3-20-15-8-4-13(5-9-15)12(2)17-11-10-16(19)18-14-6-7-14/h4-5,8-9,12,14,17H,3,6-7,10-11H2,1-2H3,(H,18,19). The molecule has 1 aromatic rings. The molecular formula is C16H24N2O2. The quantitative estimate of drug-likeness (QED) is 0.766. The van der Waals surface area contributed by atoms with E-state index in [0.717, 1.165) is 18.6 Å². The summed E-state index contributed by atoms with van der Waals surface area (Å²) >= 11 is 0. The molecular weight excluding hydrogens is 252 g/mol. The molecule has 1 aromatic carbocycles. The minimum atomic E-state index is 0.152. The molecule has 4 heteroatoms. The first kappa shape index (κ1) is 14.9. The van der Waals surface area contributed by atoms with Gasteiger partial charge < -0.3 is 15.4 Å². The summed E-state index contributed by atoms with van der Waals surface area (Å²) < 4.78 is 5.42. The molecule has 1 saturated carbocycles. The molecule has 1 unspecified atom stereocenters. The molecule has 4 nitrogen and oxygen atoms in total. The van der Waals surface area contributed by atoms with Gasteiger partial charge in [0, 0.05) is 25.0 Å². The van der Waals surface area contributed by atoms with Crippen LogP contribution in [0, 0.1) is 0 Å². The molecule has 20 heavy (non-hydrogen) atoms. The molecule has 2 rings (SSSR count). The van der Waals surface area contributed by atoms with Crippen LogP contribution in [0.5, 0.6) is 5.75 Å². The van der Waals surface area contributed by atoms with E-state index in [2.05, 4.69) is 29.7 Å². The number of ether oxygens (including phenoxy) is 1. The molecule has 2 N–H and O–H groups in total. The van der Waals surface area contributed by atoms with Gasteiger partial charge in [0.05, 0.1) is 6.61 Å². The van der Waals surface area contributed by atoms with E-state index in [-0.39, 0.29) is 11.9 Å². The topological polar surface area (TPSA) is 50.4 Å². The lowest BCUT2D eigenvalue weighted by Crippen LogP contribution is -2.30. The van der Waals surface area contributed by atoms with Crippen molar-refractivity contribution in [1.82, 2.24) is 10.6 Å². The molecule has 110 valence electrons. The Morgan fingerprint density at radius 2 is 2.05 bits per heavy atom. The van der Waals surface area contributed by atoms with Crippen molar-refractivity contribution in [2.75, 3.05) is 13.2 Å². The van der Waals surface area contributed by atoms with Crippen molar-refractivity contribution in [2.24, 2.45) is 0 Å². The zero-order chi connectivity index (χ0) is 14.4. The smallest absolute Gasteiger partial charge is 0.221 e. The van der Waals surface area contributed by atoms with Gasteiger partial charge in [-0.05, 0) is 44.4 Å². The van der Waals surface area contributed by atoms with Crippen LogP contribution in [0.1, 0.15) is 44.7 Å². The van der Waals surface area contributed by atoms with E-state index < -0.39 is 0 Å². The van der Waals surface area contributed by atoms with Gasteiger partial charge in [-0.2, -0.15) is 0 Å². The van der Waals surface area contributed by atoms with Crippen LogP contribution >= 0.6 is 0 Å². The predicted octanol–water partition coefficient (Wildman–Crippen LogP) is 2.40. The molecule has 0 bridgehead atoms. The fourth-order valence-electron chi connectivity index (χ4n) is 2.07. The van der Waals surface area contributed by atoms with Crippen LogP contribution < -0.4 is 15.4 Å². The largest absolute Gasteiger partial charge is 0.494 e. The molecule has 1 amide bonds. The Labute approximate surface area is 120 Å². The van der Waals surface area contributed by atoms with Gasteiger partial charge in [-0.15, -0.1) is 0 Å². The van der Waals surface area contributed by atoms with Crippen molar-refractivity contribution < 1.29 is 9.53 Å². The Kier molecular flexibility index (Phi) is 5.41. The highest BCUT2D eigenvalue weighted by Gasteiger charge is 2.22. The summed E-state index contributed by atoms with van der Waals surface area (Å²) in [5, 5.41) is 6.37. The number of hydrogen-bond donors (Lipinski definition) is 2. The van der Waals surface area contributed by atoms with Crippen molar-refractivity contribution in [2.45, 2.75) is 45.2 Å². The van der Waals surface area contributed by atoms with Gasteiger partial charge in [0.25, 0.3) is 0 Å². The normalized spacial score (nSPS) is 15.7. The third kappa shape index (κ3) is 4.85. The molecule has 0 radical (unpaired) electrons. The van der Waals surface area contributed by atoms with Crippen molar-refractivity contribution >= 4 is 5.91 Å². The molecule has 0 saturated heterocycles. The summed E-state index contributed by atoms with van der Waals surface area (Å²) in [4.78, 5) is 11.6. The van der Waals surface area contributed by atoms with E-state index in [9.17, 15) is 4.79 Å². The van der Waals surface area contributed by atoms with Gasteiger partial charge in [-0.1, -0.05) is 12.1 Å². The van der Waals surface area contributed by atoms with Crippen LogP contribution in [-0.4, -0.2) is 25.1 Å². The van der Waals surface area contributed by atoms with Crippen LogP contribution in [0.2, 0.25) is 0 Å². The highest BCUT2D eigenvalue weighted by atomic mass is 16.5. The van der Waals surface area contributed by atoms with Gasteiger partial charge >= 0.3 is 0 Å². The van der Waals surface area contributed by atoms with Crippen molar-refractivity contribution in [3.8, 4) is 5.75 Å². The van der Waals surface area contributed by atoms with E-state index in [0.29, 0.717) is 25.6 Å². The zero-order valence-corrected chi connectivity index (χ0v) is 12.3. The lowest BCUT2D eigenvalue weighted by molar-refractivity contribution is -0.121. The van der Waals surface area contributed by atoms with Crippen molar-refractivity contribution in [3.05, 3.63) is 29.8 Å². The summed E-state index contributed by atoms with van der Waals surface area (Å²) in [5.41, 5.74) is 1.20. The van der Waals surface area contributed by atoms with Gasteiger partial charge in [-0.25, -0.2) is 0 Å². The summed E-state index contributed by atoms with van der Waals surface area (Å²) in [6.07, 6.45) is 2.82. The Balaban J connectivity index is 1.70. The number of amides is 1. The van der Waals surface area contributed by atoms with Crippen molar-refractivity contribution in [3.63, 3.8) is 0 Å². The summed E-state index contributed by atoms with van der Waals surface area (Å²) in [5.74, 6) is 1.05. The molecule has 0 aromatic heterocycles. The second-order valence-corrected chi connectivity index (χ2v) is 5.27. The Morgan fingerprint density at radius 1 is 1.35 bits per heavy atom. The van der Waals surface area contributed by atoms with E-state index in [4.69, 9.17) is 4.74 Å². The van der Waals surface area contributed by atoms with Crippen LogP contribution in [0.4, 0.5) is 0 Å². The second kappa shape index (κ2) is 7.29. The maximum absolute atomic E-state index is 11.6. The average Bonchev–Trinajstić information content (AvgIpc) is 3.23. The highest BCUT2D eigenvalue weighted by molar-refractivity contribution is 5.76. The Morgan fingerprint density at radius 3 is 2.65 bits per heavy atom. The number of carbonyl (C=O) groups excluding carboxylic acids is 1. The molecule has 0 heterocycles. The second-order valence-electron chi connectivity index (χ2n) is 5.27. The van der Waals surface area contributed by atoms with E-state index in [1.807, 2.05) is 19.1 Å². The van der Waals surface area contributed by atoms with E-state index in [1.54, 1.807) is 0 Å². The van der Waals surface area contributed by atoms with Gasteiger partial charge in [0.1, 0.15) is 5.75 Å². The third-order valence-corrected chi connectivity index (χ3v) is 3.44. The highest BCUT2D eigenvalue weighted by Crippen LogP contribution is 2.19. The van der Waals surface area contributed by atoms with E-state index >= 15 is 0 Å². The summed E-state index contributed by atoms with van der Waals surface area (Å²) in [6, 6.07) is 8.78. The number of hydrogen-bond acceptors (Lipinski definition) is 3.